The van der Waals surface area contributed by atoms with E-state index in [0.29, 0.717) is 10.0 Å². The smallest absolute Gasteiger partial charge is 0.154 e. The van der Waals surface area contributed by atoms with Gasteiger partial charge in [0.2, 0.25) is 0 Å². The predicted molar refractivity (Wildman–Crippen MR) is 70.2 cm³/mol. The summed E-state index contributed by atoms with van der Waals surface area (Å²) in [7, 11) is 0. The third-order valence-electron chi connectivity index (χ3n) is 2.66. The Morgan fingerprint density at radius 2 is 2.06 bits per heavy atom. The first kappa shape index (κ1) is 14.3. The summed E-state index contributed by atoms with van der Waals surface area (Å²) in [6.07, 6.45) is 0.0392. The number of carbonyl (C=O) groups excluding carboxylic acids is 1. The highest BCUT2D eigenvalue weighted by atomic mass is 79.9. The molecule has 0 spiro atoms. The van der Waals surface area contributed by atoms with Crippen LogP contribution in [0.3, 0.4) is 0 Å². The van der Waals surface area contributed by atoms with Crippen molar-refractivity contribution in [2.45, 2.75) is 33.2 Å². The number of halogens is 2. The lowest BCUT2D eigenvalue weighted by Gasteiger charge is -2.25. The molecule has 0 amide bonds. The minimum Gasteiger partial charge on any atom is -0.321 e. The van der Waals surface area contributed by atoms with Gasteiger partial charge in [-0.3, -0.25) is 4.79 Å². The van der Waals surface area contributed by atoms with Crippen molar-refractivity contribution in [2.75, 3.05) is 0 Å². The second kappa shape index (κ2) is 5.27. The molecule has 0 saturated carbocycles. The second-order valence-corrected chi connectivity index (χ2v) is 6.14. The Hall–Kier alpha value is -0.740. The van der Waals surface area contributed by atoms with Crippen molar-refractivity contribution in [3.63, 3.8) is 0 Å². The summed E-state index contributed by atoms with van der Waals surface area (Å²) in [6.45, 7) is 5.69. The van der Waals surface area contributed by atoms with Crippen molar-refractivity contribution in [2.24, 2.45) is 11.1 Å². The van der Waals surface area contributed by atoms with E-state index in [1.54, 1.807) is 12.1 Å². The molecule has 0 aliphatic carbocycles. The Morgan fingerprint density at radius 3 is 2.53 bits per heavy atom. The lowest BCUT2D eigenvalue weighted by atomic mass is 9.83. The largest absolute Gasteiger partial charge is 0.321 e. The Morgan fingerprint density at radius 1 is 1.47 bits per heavy atom. The molecule has 1 aromatic carbocycles. The Kier molecular flexibility index (Phi) is 4.44. The molecule has 0 aliphatic rings. The SMILES string of the molecule is CC(C)(C)C(N)C(=O)Cc1ccc(Br)cc1F. The van der Waals surface area contributed by atoms with Crippen LogP contribution in [-0.4, -0.2) is 11.8 Å². The molecule has 1 atom stereocenters. The van der Waals surface area contributed by atoms with Crippen LogP contribution >= 0.6 is 15.9 Å². The lowest BCUT2D eigenvalue weighted by molar-refractivity contribution is -0.121. The van der Waals surface area contributed by atoms with Crippen molar-refractivity contribution >= 4 is 21.7 Å². The maximum atomic E-state index is 13.5. The van der Waals surface area contributed by atoms with Crippen molar-refractivity contribution in [1.29, 1.82) is 0 Å². The van der Waals surface area contributed by atoms with E-state index in [9.17, 15) is 9.18 Å². The fourth-order valence-electron chi connectivity index (χ4n) is 1.45. The van der Waals surface area contributed by atoms with Crippen molar-refractivity contribution in [3.8, 4) is 0 Å². The van der Waals surface area contributed by atoms with Gasteiger partial charge in [0.15, 0.2) is 5.78 Å². The number of carbonyl (C=O) groups is 1. The molecular weight excluding hydrogens is 285 g/mol. The van der Waals surface area contributed by atoms with Gasteiger partial charge < -0.3 is 5.73 Å². The molecule has 17 heavy (non-hydrogen) atoms. The van der Waals surface area contributed by atoms with Gasteiger partial charge in [0.05, 0.1) is 6.04 Å². The average molecular weight is 302 g/mol. The quantitative estimate of drug-likeness (QED) is 0.932. The van der Waals surface area contributed by atoms with E-state index in [1.807, 2.05) is 20.8 Å². The van der Waals surface area contributed by atoms with Crippen molar-refractivity contribution in [3.05, 3.63) is 34.1 Å². The first-order valence-corrected chi connectivity index (χ1v) is 6.23. The van der Waals surface area contributed by atoms with Crippen LogP contribution in [-0.2, 0) is 11.2 Å². The fraction of sp³-hybridized carbons (Fsp3) is 0.462. The Labute approximate surface area is 110 Å². The molecule has 2 nitrogen and oxygen atoms in total. The van der Waals surface area contributed by atoms with Crippen LogP contribution in [0, 0.1) is 11.2 Å². The van der Waals surface area contributed by atoms with E-state index in [-0.39, 0.29) is 23.4 Å². The first-order chi connectivity index (χ1) is 7.71. The maximum absolute atomic E-state index is 13.5. The van der Waals surface area contributed by atoms with Crippen LogP contribution in [0.4, 0.5) is 4.39 Å². The Bertz CT molecular complexity index is 426. The van der Waals surface area contributed by atoms with Gasteiger partial charge in [-0.2, -0.15) is 0 Å². The minimum absolute atomic E-state index is 0.0392. The zero-order valence-electron chi connectivity index (χ0n) is 10.3. The van der Waals surface area contributed by atoms with Crippen molar-refractivity contribution in [1.82, 2.24) is 0 Å². The van der Waals surface area contributed by atoms with E-state index in [2.05, 4.69) is 15.9 Å². The fourth-order valence-corrected chi connectivity index (χ4v) is 1.78. The third kappa shape index (κ3) is 3.89. The number of benzene rings is 1. The van der Waals surface area contributed by atoms with Gasteiger partial charge in [0.25, 0.3) is 0 Å². The number of hydrogen-bond donors (Lipinski definition) is 1. The molecule has 0 radical (unpaired) electrons. The van der Waals surface area contributed by atoms with Gasteiger partial charge in [-0.25, -0.2) is 4.39 Å². The number of hydrogen-bond acceptors (Lipinski definition) is 2. The monoisotopic (exact) mass is 301 g/mol. The molecule has 1 rings (SSSR count). The van der Waals surface area contributed by atoms with E-state index in [1.165, 1.54) is 6.07 Å². The van der Waals surface area contributed by atoms with Gasteiger partial charge in [0, 0.05) is 10.9 Å². The van der Waals surface area contributed by atoms with Crippen LogP contribution < -0.4 is 5.73 Å². The molecule has 2 N–H and O–H groups in total. The number of ketones is 1. The molecule has 94 valence electrons. The normalized spacial score (nSPS) is 13.5. The van der Waals surface area contributed by atoms with E-state index in [0.717, 1.165) is 0 Å². The zero-order chi connectivity index (χ0) is 13.2. The van der Waals surface area contributed by atoms with Crippen LogP contribution in [0.25, 0.3) is 0 Å². The molecule has 0 saturated heterocycles. The average Bonchev–Trinajstić information content (AvgIpc) is 2.19. The molecular formula is C13H17BrFNO. The number of Topliss-reactive ketones (excluding diaryl/α,β-unsaturated/α-hetero) is 1. The van der Waals surface area contributed by atoms with E-state index >= 15 is 0 Å². The topological polar surface area (TPSA) is 43.1 Å². The minimum atomic E-state index is -0.578. The maximum Gasteiger partial charge on any atom is 0.154 e. The standard InChI is InChI=1S/C13H17BrFNO/c1-13(2,3)12(16)11(17)6-8-4-5-9(14)7-10(8)15/h4-5,7,12H,6,16H2,1-3H3. The van der Waals surface area contributed by atoms with E-state index < -0.39 is 6.04 Å². The Balaban J connectivity index is 2.82. The number of nitrogens with two attached hydrogens (primary N) is 1. The molecule has 0 fully saturated rings. The summed E-state index contributed by atoms with van der Waals surface area (Å²) in [5.74, 6) is -0.521. The molecule has 0 heterocycles. The summed E-state index contributed by atoms with van der Waals surface area (Å²) in [6, 6.07) is 4.09. The van der Waals surface area contributed by atoms with Crippen LogP contribution in [0.5, 0.6) is 0 Å². The van der Waals surface area contributed by atoms with Crippen LogP contribution in [0.2, 0.25) is 0 Å². The summed E-state index contributed by atoms with van der Waals surface area (Å²) in [5, 5.41) is 0. The third-order valence-corrected chi connectivity index (χ3v) is 3.15. The summed E-state index contributed by atoms with van der Waals surface area (Å²) >= 11 is 3.17. The summed E-state index contributed by atoms with van der Waals surface area (Å²) in [5.41, 5.74) is 5.93. The molecule has 0 aromatic heterocycles. The van der Waals surface area contributed by atoms with Gasteiger partial charge in [-0.15, -0.1) is 0 Å². The number of rotatable bonds is 3. The predicted octanol–water partition coefficient (Wildman–Crippen LogP) is 3.07. The van der Waals surface area contributed by atoms with Crippen LogP contribution in [0.15, 0.2) is 22.7 Å². The molecule has 0 aliphatic heterocycles. The first-order valence-electron chi connectivity index (χ1n) is 5.44. The highest BCUT2D eigenvalue weighted by molar-refractivity contribution is 9.10. The molecule has 4 heteroatoms. The van der Waals surface area contributed by atoms with E-state index in [4.69, 9.17) is 5.73 Å². The summed E-state index contributed by atoms with van der Waals surface area (Å²) < 4.78 is 14.2. The summed E-state index contributed by atoms with van der Waals surface area (Å²) in [4.78, 5) is 11.9. The van der Waals surface area contributed by atoms with Gasteiger partial charge in [0.1, 0.15) is 5.82 Å². The van der Waals surface area contributed by atoms with Crippen LogP contribution in [0.1, 0.15) is 26.3 Å². The lowest BCUT2D eigenvalue weighted by Crippen LogP contribution is -2.43. The molecule has 0 bridgehead atoms. The van der Waals surface area contributed by atoms with Gasteiger partial charge in [-0.1, -0.05) is 42.8 Å². The van der Waals surface area contributed by atoms with Gasteiger partial charge >= 0.3 is 0 Å². The highest BCUT2D eigenvalue weighted by Gasteiger charge is 2.27. The van der Waals surface area contributed by atoms with Gasteiger partial charge in [-0.05, 0) is 23.1 Å². The highest BCUT2D eigenvalue weighted by Crippen LogP contribution is 2.21. The molecule has 1 aromatic rings. The molecule has 1 unspecified atom stereocenters. The second-order valence-electron chi connectivity index (χ2n) is 5.22. The zero-order valence-corrected chi connectivity index (χ0v) is 11.8. The van der Waals surface area contributed by atoms with Crippen molar-refractivity contribution < 1.29 is 9.18 Å².